The number of fused-ring (bicyclic) bond motifs is 3. The Morgan fingerprint density at radius 1 is 1.00 bits per heavy atom. The molecule has 1 aromatic heterocycles. The van der Waals surface area contributed by atoms with Crippen molar-refractivity contribution in [2.24, 2.45) is 5.10 Å². The fourth-order valence-electron chi connectivity index (χ4n) is 3.62. The molecular weight excluding hydrogens is 346 g/mol. The Bertz CT molecular complexity index is 989. The molecule has 0 saturated heterocycles. The minimum Gasteiger partial charge on any atom is -0.464 e. The SMILES string of the molecule is Clc1cccc(C2=NN3[C@@H](c4ccncc4)Oc4ccccc4[C@@H]3C2)c1. The van der Waals surface area contributed by atoms with Crippen molar-refractivity contribution in [2.75, 3.05) is 0 Å². The second kappa shape index (κ2) is 6.15. The van der Waals surface area contributed by atoms with Gasteiger partial charge in [-0.25, -0.2) is 5.01 Å². The van der Waals surface area contributed by atoms with Crippen LogP contribution < -0.4 is 4.74 Å². The van der Waals surface area contributed by atoms with Gasteiger partial charge in [0.1, 0.15) is 5.75 Å². The molecule has 2 atom stereocenters. The van der Waals surface area contributed by atoms with Crippen LogP contribution in [-0.2, 0) is 0 Å². The van der Waals surface area contributed by atoms with Crippen LogP contribution in [0.25, 0.3) is 0 Å². The third-order valence-electron chi connectivity index (χ3n) is 4.85. The second-order valence-corrected chi connectivity index (χ2v) is 6.88. The van der Waals surface area contributed by atoms with Gasteiger partial charge in [0, 0.05) is 35.0 Å². The molecule has 0 bridgehead atoms. The van der Waals surface area contributed by atoms with E-state index < -0.39 is 0 Å². The van der Waals surface area contributed by atoms with Crippen LogP contribution in [0.1, 0.15) is 35.4 Å². The van der Waals surface area contributed by atoms with Gasteiger partial charge in [-0.1, -0.05) is 41.9 Å². The lowest BCUT2D eigenvalue weighted by Gasteiger charge is -2.38. The molecule has 0 spiro atoms. The predicted molar refractivity (Wildman–Crippen MR) is 101 cm³/mol. The minimum atomic E-state index is -0.269. The summed E-state index contributed by atoms with van der Waals surface area (Å²) in [5.41, 5.74) is 4.28. The largest absolute Gasteiger partial charge is 0.464 e. The standard InChI is InChI=1S/C21H16ClN3O/c22-16-5-3-4-15(12-16)18-13-19-17-6-1-2-7-20(17)26-21(25(19)24-18)14-8-10-23-11-9-14/h1-12,19,21H,13H2/t19-,21+/m0/s1. The Morgan fingerprint density at radius 2 is 1.85 bits per heavy atom. The van der Waals surface area contributed by atoms with Crippen LogP contribution in [0.5, 0.6) is 5.75 Å². The zero-order valence-electron chi connectivity index (χ0n) is 13.9. The number of hydrogen-bond donors (Lipinski definition) is 0. The summed E-state index contributed by atoms with van der Waals surface area (Å²) >= 11 is 6.18. The Balaban J connectivity index is 1.60. The smallest absolute Gasteiger partial charge is 0.213 e. The quantitative estimate of drug-likeness (QED) is 0.646. The lowest BCUT2D eigenvalue weighted by Crippen LogP contribution is -2.33. The number of hydrogen-bond acceptors (Lipinski definition) is 4. The van der Waals surface area contributed by atoms with Crippen LogP contribution in [-0.4, -0.2) is 15.7 Å². The molecule has 26 heavy (non-hydrogen) atoms. The third-order valence-corrected chi connectivity index (χ3v) is 5.08. The maximum Gasteiger partial charge on any atom is 0.213 e. The summed E-state index contributed by atoms with van der Waals surface area (Å²) in [6.07, 6.45) is 4.12. The number of rotatable bonds is 2. The summed E-state index contributed by atoms with van der Waals surface area (Å²) < 4.78 is 6.30. The fraction of sp³-hybridized carbons (Fsp3) is 0.143. The zero-order chi connectivity index (χ0) is 17.5. The molecular formula is C21H16ClN3O. The molecule has 3 aromatic rings. The lowest BCUT2D eigenvalue weighted by atomic mass is 9.96. The van der Waals surface area contributed by atoms with Gasteiger partial charge in [0.15, 0.2) is 0 Å². The molecule has 4 nitrogen and oxygen atoms in total. The number of benzene rings is 2. The van der Waals surface area contributed by atoms with Gasteiger partial charge in [-0.2, -0.15) is 5.10 Å². The van der Waals surface area contributed by atoms with Gasteiger partial charge < -0.3 is 4.74 Å². The molecule has 2 aliphatic rings. The van der Waals surface area contributed by atoms with Crippen molar-refractivity contribution in [1.29, 1.82) is 0 Å². The number of ether oxygens (including phenoxy) is 1. The molecule has 5 rings (SSSR count). The van der Waals surface area contributed by atoms with Crippen molar-refractivity contribution in [1.82, 2.24) is 9.99 Å². The number of halogens is 1. The molecule has 0 radical (unpaired) electrons. The number of hydrazone groups is 1. The van der Waals surface area contributed by atoms with Crippen molar-refractivity contribution in [3.63, 3.8) is 0 Å². The zero-order valence-corrected chi connectivity index (χ0v) is 14.7. The second-order valence-electron chi connectivity index (χ2n) is 6.45. The molecule has 0 amide bonds. The number of pyridine rings is 1. The maximum atomic E-state index is 6.30. The first-order chi connectivity index (χ1) is 12.8. The number of aromatic nitrogens is 1. The number of nitrogens with zero attached hydrogens (tertiary/aromatic N) is 3. The van der Waals surface area contributed by atoms with Crippen LogP contribution in [0.15, 0.2) is 78.2 Å². The molecule has 0 fully saturated rings. The number of para-hydroxylation sites is 1. The van der Waals surface area contributed by atoms with Crippen molar-refractivity contribution in [3.05, 3.63) is 94.8 Å². The first kappa shape index (κ1) is 15.4. The highest BCUT2D eigenvalue weighted by molar-refractivity contribution is 6.31. The van der Waals surface area contributed by atoms with Crippen LogP contribution in [0.3, 0.4) is 0 Å². The van der Waals surface area contributed by atoms with Crippen molar-refractivity contribution in [2.45, 2.75) is 18.7 Å². The van der Waals surface area contributed by atoms with Crippen LogP contribution >= 0.6 is 11.6 Å². The van der Waals surface area contributed by atoms with Gasteiger partial charge in [-0.15, -0.1) is 0 Å². The van der Waals surface area contributed by atoms with E-state index in [1.807, 2.05) is 48.5 Å². The summed E-state index contributed by atoms with van der Waals surface area (Å²) in [6.45, 7) is 0. The Kier molecular flexibility index (Phi) is 3.64. The molecule has 0 N–H and O–H groups in total. The van der Waals surface area contributed by atoms with Crippen LogP contribution in [0, 0.1) is 0 Å². The topological polar surface area (TPSA) is 37.7 Å². The van der Waals surface area contributed by atoms with E-state index in [-0.39, 0.29) is 12.3 Å². The van der Waals surface area contributed by atoms with Crippen molar-refractivity contribution >= 4 is 17.3 Å². The van der Waals surface area contributed by atoms with Crippen LogP contribution in [0.4, 0.5) is 0 Å². The monoisotopic (exact) mass is 361 g/mol. The first-order valence-electron chi connectivity index (χ1n) is 8.57. The normalized spacial score (nSPS) is 20.8. The predicted octanol–water partition coefficient (Wildman–Crippen LogP) is 4.98. The fourth-order valence-corrected chi connectivity index (χ4v) is 3.82. The van der Waals surface area contributed by atoms with E-state index in [9.17, 15) is 0 Å². The van der Waals surface area contributed by atoms with Gasteiger partial charge in [0.05, 0.1) is 11.8 Å². The molecule has 128 valence electrons. The van der Waals surface area contributed by atoms with Crippen molar-refractivity contribution < 1.29 is 4.74 Å². The maximum absolute atomic E-state index is 6.30. The summed E-state index contributed by atoms with van der Waals surface area (Å²) in [4.78, 5) is 4.12. The average Bonchev–Trinajstić information content (AvgIpc) is 3.14. The molecule has 0 saturated carbocycles. The minimum absolute atomic E-state index is 0.145. The average molecular weight is 362 g/mol. The molecule has 2 aromatic carbocycles. The molecule has 0 unspecified atom stereocenters. The Hall–Kier alpha value is -2.85. The van der Waals surface area contributed by atoms with Gasteiger partial charge in [-0.3, -0.25) is 4.98 Å². The Labute approximate surface area is 156 Å². The lowest BCUT2D eigenvalue weighted by molar-refractivity contribution is -0.0190. The van der Waals surface area contributed by atoms with Gasteiger partial charge in [0.25, 0.3) is 0 Å². The molecule has 2 aliphatic heterocycles. The summed E-state index contributed by atoms with van der Waals surface area (Å²) in [6, 6.07) is 20.2. The van der Waals surface area contributed by atoms with Gasteiger partial charge in [-0.05, 0) is 35.9 Å². The molecule has 5 heteroatoms. The summed E-state index contributed by atoms with van der Waals surface area (Å²) in [5, 5.41) is 7.71. The summed E-state index contributed by atoms with van der Waals surface area (Å²) in [7, 11) is 0. The van der Waals surface area contributed by atoms with E-state index in [0.29, 0.717) is 0 Å². The highest BCUT2D eigenvalue weighted by atomic mass is 35.5. The molecule has 0 aliphatic carbocycles. The van der Waals surface area contributed by atoms with Crippen molar-refractivity contribution in [3.8, 4) is 5.75 Å². The van der Waals surface area contributed by atoms with Crippen LogP contribution in [0.2, 0.25) is 5.02 Å². The van der Waals surface area contributed by atoms with E-state index in [0.717, 1.165) is 34.0 Å². The van der Waals surface area contributed by atoms with E-state index in [4.69, 9.17) is 21.4 Å². The molecule has 3 heterocycles. The van der Waals surface area contributed by atoms with E-state index >= 15 is 0 Å². The van der Waals surface area contributed by atoms with E-state index in [2.05, 4.69) is 22.1 Å². The highest BCUT2D eigenvalue weighted by Crippen LogP contribution is 2.47. The van der Waals surface area contributed by atoms with Gasteiger partial charge >= 0.3 is 0 Å². The van der Waals surface area contributed by atoms with E-state index in [1.165, 1.54) is 5.56 Å². The first-order valence-corrected chi connectivity index (χ1v) is 8.95. The third kappa shape index (κ3) is 2.54. The highest BCUT2D eigenvalue weighted by Gasteiger charge is 2.40. The van der Waals surface area contributed by atoms with Gasteiger partial charge in [0.2, 0.25) is 6.23 Å². The van der Waals surface area contributed by atoms with E-state index in [1.54, 1.807) is 12.4 Å². The Morgan fingerprint density at radius 3 is 2.69 bits per heavy atom. The summed E-state index contributed by atoms with van der Waals surface area (Å²) in [5.74, 6) is 0.915.